The van der Waals surface area contributed by atoms with Gasteiger partial charge in [0, 0.05) is 12.7 Å². The number of nitrogens with one attached hydrogen (secondary N) is 1. The van der Waals surface area contributed by atoms with Crippen LogP contribution in [0.25, 0.3) is 5.69 Å². The fourth-order valence-electron chi connectivity index (χ4n) is 2.30. The molecule has 1 aromatic carbocycles. The average Bonchev–Trinajstić information content (AvgIpc) is 3.17. The van der Waals surface area contributed by atoms with Crippen LogP contribution < -0.4 is 5.32 Å². The van der Waals surface area contributed by atoms with E-state index in [0.717, 1.165) is 16.9 Å². The number of hydrogen-bond donors (Lipinski definition) is 2. The number of rotatable bonds is 6. The predicted molar refractivity (Wildman–Crippen MR) is 82.7 cm³/mol. The van der Waals surface area contributed by atoms with Gasteiger partial charge >= 0.3 is 0 Å². The number of nitrogens with zero attached hydrogens (tertiary/aromatic N) is 5. The summed E-state index contributed by atoms with van der Waals surface area (Å²) in [5.74, 6) is 0. The molecule has 3 aromatic rings. The third kappa shape index (κ3) is 3.15. The van der Waals surface area contributed by atoms with Crippen LogP contribution in [0.1, 0.15) is 11.1 Å². The van der Waals surface area contributed by atoms with Gasteiger partial charge < -0.3 is 10.4 Å². The van der Waals surface area contributed by atoms with Gasteiger partial charge in [0.15, 0.2) is 0 Å². The van der Waals surface area contributed by atoms with E-state index in [0.29, 0.717) is 13.1 Å². The lowest BCUT2D eigenvalue weighted by Gasteiger charge is -2.09. The highest BCUT2D eigenvalue weighted by atomic mass is 16.3. The van der Waals surface area contributed by atoms with Crippen molar-refractivity contribution < 1.29 is 5.11 Å². The van der Waals surface area contributed by atoms with Gasteiger partial charge in [0.2, 0.25) is 0 Å². The van der Waals surface area contributed by atoms with E-state index < -0.39 is 0 Å². The first-order chi connectivity index (χ1) is 10.8. The van der Waals surface area contributed by atoms with Gasteiger partial charge in [0.05, 0.1) is 30.7 Å². The molecule has 2 N–H and O–H groups in total. The summed E-state index contributed by atoms with van der Waals surface area (Å²) in [7, 11) is 0. The second-order valence-electron chi connectivity index (χ2n) is 5.03. The predicted octanol–water partition coefficient (Wildman–Crippen LogP) is 1.38. The maximum absolute atomic E-state index is 8.88. The highest BCUT2D eigenvalue weighted by Crippen LogP contribution is 2.16. The highest BCUT2D eigenvalue weighted by Gasteiger charge is 2.04. The summed E-state index contributed by atoms with van der Waals surface area (Å²) in [6.07, 6.45) is 6.86. The maximum atomic E-state index is 8.88. The van der Waals surface area contributed by atoms with Crippen LogP contribution in [0.15, 0.2) is 43.2 Å². The largest absolute Gasteiger partial charge is 0.394 e. The minimum atomic E-state index is 0.0874. The van der Waals surface area contributed by atoms with Crippen molar-refractivity contribution in [3.8, 4) is 5.69 Å². The Kier molecular flexibility index (Phi) is 4.15. The number of benzene rings is 1. The first-order valence-electron chi connectivity index (χ1n) is 7.08. The third-order valence-corrected chi connectivity index (χ3v) is 3.39. The van der Waals surface area contributed by atoms with Gasteiger partial charge in [-0.25, -0.2) is 9.67 Å². The molecule has 0 atom stereocenters. The molecule has 7 heteroatoms. The van der Waals surface area contributed by atoms with Gasteiger partial charge in [0.25, 0.3) is 0 Å². The van der Waals surface area contributed by atoms with Gasteiger partial charge in [0.1, 0.15) is 12.7 Å². The van der Waals surface area contributed by atoms with Crippen molar-refractivity contribution in [1.29, 1.82) is 0 Å². The topological polar surface area (TPSA) is 80.8 Å². The molecule has 0 aliphatic carbocycles. The maximum Gasteiger partial charge on any atom is 0.138 e. The number of aromatic nitrogens is 5. The third-order valence-electron chi connectivity index (χ3n) is 3.39. The summed E-state index contributed by atoms with van der Waals surface area (Å²) in [5.41, 5.74) is 4.28. The first kappa shape index (κ1) is 14.3. The van der Waals surface area contributed by atoms with Crippen LogP contribution in [0.4, 0.5) is 5.69 Å². The van der Waals surface area contributed by atoms with Gasteiger partial charge in [-0.05, 0) is 24.1 Å². The molecule has 0 fully saturated rings. The summed E-state index contributed by atoms with van der Waals surface area (Å²) >= 11 is 0. The van der Waals surface area contributed by atoms with Crippen LogP contribution >= 0.6 is 0 Å². The molecule has 0 saturated heterocycles. The van der Waals surface area contributed by atoms with E-state index in [1.54, 1.807) is 21.9 Å². The average molecular weight is 298 g/mol. The molecule has 0 saturated carbocycles. The lowest BCUT2D eigenvalue weighted by molar-refractivity contribution is 0.269. The minimum Gasteiger partial charge on any atom is -0.394 e. The van der Waals surface area contributed by atoms with E-state index in [1.165, 1.54) is 11.9 Å². The van der Waals surface area contributed by atoms with E-state index >= 15 is 0 Å². The normalized spacial score (nSPS) is 10.8. The number of aryl methyl sites for hydroxylation is 1. The van der Waals surface area contributed by atoms with Crippen molar-refractivity contribution in [2.45, 2.75) is 20.0 Å². The van der Waals surface area contributed by atoms with E-state index in [4.69, 9.17) is 5.11 Å². The van der Waals surface area contributed by atoms with Gasteiger partial charge in [-0.1, -0.05) is 12.1 Å². The zero-order valence-electron chi connectivity index (χ0n) is 12.3. The van der Waals surface area contributed by atoms with E-state index in [9.17, 15) is 0 Å². The number of aliphatic hydroxyl groups excluding tert-OH is 1. The molecule has 0 amide bonds. The fourth-order valence-corrected chi connectivity index (χ4v) is 2.30. The van der Waals surface area contributed by atoms with E-state index in [1.807, 2.05) is 12.3 Å². The molecule has 7 nitrogen and oxygen atoms in total. The fraction of sp³-hybridized carbons (Fsp3) is 0.267. The number of anilines is 1. The molecular formula is C15H18N6O. The van der Waals surface area contributed by atoms with E-state index in [2.05, 4.69) is 39.6 Å². The smallest absolute Gasteiger partial charge is 0.138 e. The van der Waals surface area contributed by atoms with Crippen LogP contribution in [0, 0.1) is 6.92 Å². The summed E-state index contributed by atoms with van der Waals surface area (Å²) < 4.78 is 3.47. The molecule has 0 spiro atoms. The second-order valence-corrected chi connectivity index (χ2v) is 5.03. The van der Waals surface area contributed by atoms with Crippen molar-refractivity contribution in [3.63, 3.8) is 0 Å². The van der Waals surface area contributed by atoms with Crippen LogP contribution in [-0.2, 0) is 13.1 Å². The van der Waals surface area contributed by atoms with Crippen molar-refractivity contribution in [1.82, 2.24) is 24.5 Å². The van der Waals surface area contributed by atoms with Gasteiger partial charge in [-0.15, -0.1) is 0 Å². The second kappa shape index (κ2) is 6.40. The van der Waals surface area contributed by atoms with Crippen LogP contribution in [0.5, 0.6) is 0 Å². The van der Waals surface area contributed by atoms with Gasteiger partial charge in [-0.2, -0.15) is 10.2 Å². The summed E-state index contributed by atoms with van der Waals surface area (Å²) in [6.45, 7) is 3.36. The molecule has 0 aliphatic rings. The standard InChI is InChI=1S/C15H18N6O/c1-12-6-13(2-3-15(12)21-11-16-10-19-21)7-17-14-8-18-20(9-14)4-5-22/h2-3,6,8-11,17,22H,4-5,7H2,1H3. The highest BCUT2D eigenvalue weighted by molar-refractivity contribution is 5.44. The Morgan fingerprint density at radius 1 is 1.27 bits per heavy atom. The summed E-state index contributed by atoms with van der Waals surface area (Å²) in [6, 6.07) is 6.23. The molecule has 22 heavy (non-hydrogen) atoms. The lowest BCUT2D eigenvalue weighted by atomic mass is 10.1. The molecule has 2 heterocycles. The Labute approximate surface area is 128 Å². The summed E-state index contributed by atoms with van der Waals surface area (Å²) in [4.78, 5) is 3.97. The molecule has 114 valence electrons. The van der Waals surface area contributed by atoms with Crippen molar-refractivity contribution in [2.24, 2.45) is 0 Å². The Balaban J connectivity index is 1.66. The quantitative estimate of drug-likeness (QED) is 0.718. The molecule has 0 bridgehead atoms. The monoisotopic (exact) mass is 298 g/mol. The molecule has 0 unspecified atom stereocenters. The van der Waals surface area contributed by atoms with Crippen LogP contribution in [0.2, 0.25) is 0 Å². The number of hydrogen-bond acceptors (Lipinski definition) is 5. The van der Waals surface area contributed by atoms with Crippen molar-refractivity contribution in [3.05, 3.63) is 54.4 Å². The molecule has 2 aromatic heterocycles. The van der Waals surface area contributed by atoms with Crippen molar-refractivity contribution in [2.75, 3.05) is 11.9 Å². The minimum absolute atomic E-state index is 0.0874. The Hall–Kier alpha value is -2.67. The Morgan fingerprint density at radius 3 is 2.91 bits per heavy atom. The molecule has 0 radical (unpaired) electrons. The van der Waals surface area contributed by atoms with Gasteiger partial charge in [-0.3, -0.25) is 4.68 Å². The lowest BCUT2D eigenvalue weighted by Crippen LogP contribution is -2.03. The first-order valence-corrected chi connectivity index (χ1v) is 7.08. The van der Waals surface area contributed by atoms with Crippen LogP contribution in [0.3, 0.4) is 0 Å². The van der Waals surface area contributed by atoms with E-state index in [-0.39, 0.29) is 6.61 Å². The zero-order valence-corrected chi connectivity index (χ0v) is 12.3. The Bertz CT molecular complexity index is 734. The molecule has 0 aliphatic heterocycles. The van der Waals surface area contributed by atoms with Crippen LogP contribution in [-0.4, -0.2) is 36.3 Å². The zero-order chi connectivity index (χ0) is 15.4. The molecule has 3 rings (SSSR count). The Morgan fingerprint density at radius 2 is 2.18 bits per heavy atom. The number of aliphatic hydroxyl groups is 1. The summed E-state index contributed by atoms with van der Waals surface area (Å²) in [5, 5.41) is 20.5. The molecular weight excluding hydrogens is 280 g/mol. The van der Waals surface area contributed by atoms with Crippen molar-refractivity contribution >= 4 is 5.69 Å². The SMILES string of the molecule is Cc1cc(CNc2cnn(CCO)c2)ccc1-n1cncn1.